The number of aromatic carboxylic acids is 1. The third kappa shape index (κ3) is 2.26. The Kier molecular flexibility index (Phi) is 3.27. The second-order valence-electron chi connectivity index (χ2n) is 4.66. The van der Waals surface area contributed by atoms with Crippen LogP contribution in [0.5, 0.6) is 0 Å². The summed E-state index contributed by atoms with van der Waals surface area (Å²) < 4.78 is 0. The van der Waals surface area contributed by atoms with Gasteiger partial charge in [0.2, 0.25) is 0 Å². The highest BCUT2D eigenvalue weighted by Crippen LogP contribution is 2.30. The number of para-hydroxylation sites is 1. The first-order valence-electron chi connectivity index (χ1n) is 6.45. The molecule has 0 atom stereocenters. The summed E-state index contributed by atoms with van der Waals surface area (Å²) >= 11 is 0. The summed E-state index contributed by atoms with van der Waals surface area (Å²) in [4.78, 5) is 26.4. The largest absolute Gasteiger partial charge is 0.478 e. The highest BCUT2D eigenvalue weighted by molar-refractivity contribution is 6.06. The van der Waals surface area contributed by atoms with Crippen molar-refractivity contribution in [2.75, 3.05) is 0 Å². The molecule has 0 fully saturated rings. The molecule has 3 aromatic rings. The van der Waals surface area contributed by atoms with E-state index in [4.69, 9.17) is 0 Å². The summed E-state index contributed by atoms with van der Waals surface area (Å²) in [6, 6.07) is 14.7. The second-order valence-corrected chi connectivity index (χ2v) is 4.66. The van der Waals surface area contributed by atoms with Crippen molar-refractivity contribution in [2.24, 2.45) is 0 Å². The fourth-order valence-electron chi connectivity index (χ4n) is 2.31. The Balaban J connectivity index is 2.39. The molecule has 1 N–H and O–H groups in total. The van der Waals surface area contributed by atoms with E-state index in [1.165, 1.54) is 24.3 Å². The Labute approximate surface area is 124 Å². The average Bonchev–Trinajstić information content (AvgIpc) is 2.53. The van der Waals surface area contributed by atoms with E-state index in [0.29, 0.717) is 11.3 Å². The van der Waals surface area contributed by atoms with Crippen LogP contribution < -0.4 is 0 Å². The van der Waals surface area contributed by atoms with Crippen molar-refractivity contribution in [2.45, 2.75) is 0 Å². The van der Waals surface area contributed by atoms with Crippen molar-refractivity contribution in [3.63, 3.8) is 0 Å². The number of fused-ring (bicyclic) bond motifs is 1. The Morgan fingerprint density at radius 2 is 1.82 bits per heavy atom. The van der Waals surface area contributed by atoms with Crippen LogP contribution in [0.15, 0.2) is 54.6 Å². The highest BCUT2D eigenvalue weighted by Gasteiger charge is 2.19. The zero-order valence-electron chi connectivity index (χ0n) is 11.3. The van der Waals surface area contributed by atoms with Gasteiger partial charge in [-0.25, -0.2) is 9.78 Å². The fraction of sp³-hybridized carbons (Fsp3) is 0. The zero-order chi connectivity index (χ0) is 15.7. The quantitative estimate of drug-likeness (QED) is 0.589. The molecule has 2 aromatic carbocycles. The van der Waals surface area contributed by atoms with E-state index in [-0.39, 0.29) is 22.2 Å². The molecule has 0 aliphatic heterocycles. The highest BCUT2D eigenvalue weighted by atomic mass is 16.6. The number of hydrogen-bond acceptors (Lipinski definition) is 4. The maximum Gasteiger partial charge on any atom is 0.336 e. The summed E-state index contributed by atoms with van der Waals surface area (Å²) in [6.45, 7) is 0. The van der Waals surface area contributed by atoms with Crippen LogP contribution in [0.3, 0.4) is 0 Å². The summed E-state index contributed by atoms with van der Waals surface area (Å²) in [5, 5.41) is 20.8. The minimum Gasteiger partial charge on any atom is -0.478 e. The van der Waals surface area contributed by atoms with E-state index >= 15 is 0 Å². The van der Waals surface area contributed by atoms with Gasteiger partial charge in [0.15, 0.2) is 0 Å². The van der Waals surface area contributed by atoms with Gasteiger partial charge in [-0.3, -0.25) is 10.1 Å². The number of rotatable bonds is 3. The van der Waals surface area contributed by atoms with Gasteiger partial charge in [0, 0.05) is 17.0 Å². The van der Waals surface area contributed by atoms with E-state index in [9.17, 15) is 20.0 Å². The first kappa shape index (κ1) is 13.7. The van der Waals surface area contributed by atoms with E-state index < -0.39 is 10.9 Å². The lowest BCUT2D eigenvalue weighted by Gasteiger charge is -2.07. The van der Waals surface area contributed by atoms with Gasteiger partial charge in [0.1, 0.15) is 5.52 Å². The smallest absolute Gasteiger partial charge is 0.336 e. The van der Waals surface area contributed by atoms with Gasteiger partial charge in [0.05, 0.1) is 16.2 Å². The molecule has 6 heteroatoms. The van der Waals surface area contributed by atoms with Crippen LogP contribution in [0.2, 0.25) is 0 Å². The Bertz CT molecular complexity index is 891. The predicted molar refractivity (Wildman–Crippen MR) is 80.8 cm³/mol. The molecule has 1 aromatic heterocycles. The number of nitro groups is 1. The normalized spacial score (nSPS) is 10.5. The summed E-state index contributed by atoms with van der Waals surface area (Å²) in [5.74, 6) is -1.15. The molecular weight excluding hydrogens is 284 g/mol. The molecule has 0 amide bonds. The summed E-state index contributed by atoms with van der Waals surface area (Å²) in [5.41, 5.74) is 0.946. The number of pyridine rings is 1. The van der Waals surface area contributed by atoms with Crippen LogP contribution in [0.25, 0.3) is 22.2 Å². The molecule has 0 bridgehead atoms. The number of hydrogen-bond donors (Lipinski definition) is 1. The maximum atomic E-state index is 11.5. The molecule has 0 saturated heterocycles. The molecule has 22 heavy (non-hydrogen) atoms. The van der Waals surface area contributed by atoms with Crippen molar-refractivity contribution >= 4 is 22.6 Å². The van der Waals surface area contributed by atoms with Crippen molar-refractivity contribution in [1.29, 1.82) is 0 Å². The van der Waals surface area contributed by atoms with E-state index in [1.54, 1.807) is 24.3 Å². The van der Waals surface area contributed by atoms with Gasteiger partial charge in [-0.05, 0) is 6.07 Å². The molecule has 3 rings (SSSR count). The van der Waals surface area contributed by atoms with Crippen molar-refractivity contribution in [3.05, 3.63) is 70.3 Å². The number of benzene rings is 2. The zero-order valence-corrected chi connectivity index (χ0v) is 11.3. The third-order valence-corrected chi connectivity index (χ3v) is 3.31. The third-order valence-electron chi connectivity index (χ3n) is 3.31. The lowest BCUT2D eigenvalue weighted by Crippen LogP contribution is -2.02. The number of carboxylic acids is 1. The molecule has 0 unspecified atom stereocenters. The number of carbonyl (C=O) groups is 1. The fourth-order valence-corrected chi connectivity index (χ4v) is 2.31. The lowest BCUT2D eigenvalue weighted by molar-refractivity contribution is -0.383. The molecule has 0 spiro atoms. The minimum atomic E-state index is -1.15. The SMILES string of the molecule is O=C(O)c1cc(-c2ccccc2)nc2c([N+](=O)[O-])cccc12. The number of nitrogens with zero attached hydrogens (tertiary/aromatic N) is 2. The number of carboxylic acid groups (broad SMARTS) is 1. The molecular formula is C16H10N2O4. The van der Waals surface area contributed by atoms with Gasteiger partial charge in [-0.1, -0.05) is 42.5 Å². The topological polar surface area (TPSA) is 93.3 Å². The first-order valence-corrected chi connectivity index (χ1v) is 6.45. The molecule has 0 saturated carbocycles. The Morgan fingerprint density at radius 1 is 1.09 bits per heavy atom. The molecule has 108 valence electrons. The van der Waals surface area contributed by atoms with Crippen LogP contribution >= 0.6 is 0 Å². The summed E-state index contributed by atoms with van der Waals surface area (Å²) in [6.07, 6.45) is 0. The van der Waals surface area contributed by atoms with Crippen molar-refractivity contribution in [3.8, 4) is 11.3 Å². The van der Waals surface area contributed by atoms with E-state index in [2.05, 4.69) is 4.98 Å². The monoisotopic (exact) mass is 294 g/mol. The van der Waals surface area contributed by atoms with Gasteiger partial charge < -0.3 is 5.11 Å². The van der Waals surface area contributed by atoms with Crippen LogP contribution in [0.4, 0.5) is 5.69 Å². The number of nitro benzene ring substituents is 1. The lowest BCUT2D eigenvalue weighted by atomic mass is 10.0. The van der Waals surface area contributed by atoms with E-state index in [0.717, 1.165) is 0 Å². The second kappa shape index (κ2) is 5.25. The maximum absolute atomic E-state index is 11.5. The molecule has 6 nitrogen and oxygen atoms in total. The van der Waals surface area contributed by atoms with Gasteiger partial charge in [0.25, 0.3) is 5.69 Å². The van der Waals surface area contributed by atoms with E-state index in [1.807, 2.05) is 6.07 Å². The van der Waals surface area contributed by atoms with Crippen molar-refractivity contribution in [1.82, 2.24) is 4.98 Å². The first-order chi connectivity index (χ1) is 10.6. The van der Waals surface area contributed by atoms with Crippen molar-refractivity contribution < 1.29 is 14.8 Å². The average molecular weight is 294 g/mol. The minimum absolute atomic E-state index is 0.00690. The van der Waals surface area contributed by atoms with Gasteiger partial charge in [-0.2, -0.15) is 0 Å². The molecule has 0 aliphatic rings. The number of aromatic nitrogens is 1. The van der Waals surface area contributed by atoms with Crippen LogP contribution in [0, 0.1) is 10.1 Å². The van der Waals surface area contributed by atoms with Crippen LogP contribution in [0.1, 0.15) is 10.4 Å². The van der Waals surface area contributed by atoms with Gasteiger partial charge >= 0.3 is 5.97 Å². The Morgan fingerprint density at radius 3 is 2.45 bits per heavy atom. The standard InChI is InChI=1S/C16H10N2O4/c19-16(20)12-9-13(10-5-2-1-3-6-10)17-15-11(12)7-4-8-14(15)18(21)22/h1-9H,(H,19,20). The van der Waals surface area contributed by atoms with Crippen LogP contribution in [-0.4, -0.2) is 21.0 Å². The number of non-ortho nitro benzene ring substituents is 1. The molecule has 0 aliphatic carbocycles. The summed E-state index contributed by atoms with van der Waals surface area (Å²) in [7, 11) is 0. The molecule has 0 radical (unpaired) electrons. The van der Waals surface area contributed by atoms with Gasteiger partial charge in [-0.15, -0.1) is 0 Å². The van der Waals surface area contributed by atoms with Crippen LogP contribution in [-0.2, 0) is 0 Å². The molecule has 1 heterocycles. The Hall–Kier alpha value is -3.28. The predicted octanol–water partition coefficient (Wildman–Crippen LogP) is 3.51.